The van der Waals surface area contributed by atoms with E-state index in [1.807, 2.05) is 0 Å². The number of anilines is 1. The van der Waals surface area contributed by atoms with E-state index < -0.39 is 0 Å². The molecule has 1 N–H and O–H groups in total. The van der Waals surface area contributed by atoms with E-state index >= 15 is 0 Å². The van der Waals surface area contributed by atoms with Gasteiger partial charge in [0.15, 0.2) is 0 Å². The van der Waals surface area contributed by atoms with Crippen molar-refractivity contribution in [2.45, 2.75) is 39.2 Å². The van der Waals surface area contributed by atoms with Crippen molar-refractivity contribution in [3.8, 4) is 0 Å². The number of hydrogen-bond acceptors (Lipinski definition) is 1. The zero-order valence-electron chi connectivity index (χ0n) is 12.0. The number of fused-ring (bicyclic) bond motifs is 1. The molecule has 104 valence electrons. The van der Waals surface area contributed by atoms with Crippen molar-refractivity contribution < 1.29 is 0 Å². The summed E-state index contributed by atoms with van der Waals surface area (Å²) in [4.78, 5) is 0. The molecule has 1 atom stereocenters. The van der Waals surface area contributed by atoms with E-state index in [0.717, 1.165) is 12.8 Å². The Morgan fingerprint density at radius 1 is 1.10 bits per heavy atom. The summed E-state index contributed by atoms with van der Waals surface area (Å²) in [6.07, 6.45) is 3.49. The standard InChI is InChI=1S/C18H20BrN/c1-12-4-3-5-18(13(12)2)20-17-9-7-14-10-16(19)8-6-15(14)11-17/h3-6,8,10,17,20H,7,9,11H2,1-2H3. The molecule has 0 saturated carbocycles. The number of benzene rings is 2. The predicted octanol–water partition coefficient (Wildman–Crippen LogP) is 5.04. The van der Waals surface area contributed by atoms with Crippen molar-refractivity contribution in [3.05, 3.63) is 63.1 Å². The number of rotatable bonds is 2. The van der Waals surface area contributed by atoms with E-state index in [4.69, 9.17) is 0 Å². The van der Waals surface area contributed by atoms with E-state index in [0.29, 0.717) is 6.04 Å². The third kappa shape index (κ3) is 2.76. The molecule has 0 aliphatic heterocycles. The molecule has 3 rings (SSSR count). The van der Waals surface area contributed by atoms with Crippen molar-refractivity contribution in [2.24, 2.45) is 0 Å². The van der Waals surface area contributed by atoms with Gasteiger partial charge in [0.25, 0.3) is 0 Å². The highest BCUT2D eigenvalue weighted by Gasteiger charge is 2.19. The molecule has 0 bridgehead atoms. The fraction of sp³-hybridized carbons (Fsp3) is 0.333. The Labute approximate surface area is 129 Å². The maximum absolute atomic E-state index is 3.73. The molecule has 0 amide bonds. The molecule has 2 aromatic carbocycles. The smallest absolute Gasteiger partial charge is 0.0374 e. The van der Waals surface area contributed by atoms with Gasteiger partial charge in [-0.05, 0) is 73.6 Å². The topological polar surface area (TPSA) is 12.0 Å². The Morgan fingerprint density at radius 2 is 1.95 bits per heavy atom. The van der Waals surface area contributed by atoms with Gasteiger partial charge in [-0.1, -0.05) is 34.1 Å². The van der Waals surface area contributed by atoms with Gasteiger partial charge in [-0.3, -0.25) is 0 Å². The number of halogens is 1. The number of aryl methyl sites for hydroxylation is 2. The van der Waals surface area contributed by atoms with Gasteiger partial charge in [-0.15, -0.1) is 0 Å². The van der Waals surface area contributed by atoms with Gasteiger partial charge in [-0.2, -0.15) is 0 Å². The third-order valence-electron chi connectivity index (χ3n) is 4.36. The molecular formula is C18H20BrN. The highest BCUT2D eigenvalue weighted by atomic mass is 79.9. The molecular weight excluding hydrogens is 310 g/mol. The van der Waals surface area contributed by atoms with Crippen LogP contribution in [0.25, 0.3) is 0 Å². The summed E-state index contributed by atoms with van der Waals surface area (Å²) < 4.78 is 1.19. The third-order valence-corrected chi connectivity index (χ3v) is 4.85. The van der Waals surface area contributed by atoms with Crippen LogP contribution in [0.2, 0.25) is 0 Å². The van der Waals surface area contributed by atoms with Crippen LogP contribution in [0.5, 0.6) is 0 Å². The fourth-order valence-corrected chi connectivity index (χ4v) is 3.38. The average molecular weight is 330 g/mol. The molecule has 20 heavy (non-hydrogen) atoms. The zero-order valence-corrected chi connectivity index (χ0v) is 13.6. The van der Waals surface area contributed by atoms with Crippen LogP contribution in [0, 0.1) is 13.8 Å². The molecule has 0 fully saturated rings. The van der Waals surface area contributed by atoms with E-state index in [1.165, 1.54) is 38.8 Å². The molecule has 2 heteroatoms. The lowest BCUT2D eigenvalue weighted by atomic mass is 9.88. The quantitative estimate of drug-likeness (QED) is 0.814. The first-order chi connectivity index (χ1) is 9.63. The minimum atomic E-state index is 0.546. The number of nitrogens with one attached hydrogen (secondary N) is 1. The van der Waals surface area contributed by atoms with Gasteiger partial charge < -0.3 is 5.32 Å². The van der Waals surface area contributed by atoms with Crippen LogP contribution in [0.15, 0.2) is 40.9 Å². The van der Waals surface area contributed by atoms with Crippen LogP contribution >= 0.6 is 15.9 Å². The normalized spacial score (nSPS) is 17.6. The molecule has 1 unspecified atom stereocenters. The molecule has 1 aliphatic carbocycles. The van der Waals surface area contributed by atoms with Crippen molar-refractivity contribution in [2.75, 3.05) is 5.32 Å². The van der Waals surface area contributed by atoms with E-state index in [-0.39, 0.29) is 0 Å². The van der Waals surface area contributed by atoms with Crippen LogP contribution < -0.4 is 5.32 Å². The largest absolute Gasteiger partial charge is 0.382 e. The molecule has 0 radical (unpaired) electrons. The first kappa shape index (κ1) is 13.7. The molecule has 0 saturated heterocycles. The van der Waals surface area contributed by atoms with Crippen molar-refractivity contribution in [1.82, 2.24) is 0 Å². The van der Waals surface area contributed by atoms with E-state index in [9.17, 15) is 0 Å². The first-order valence-corrected chi connectivity index (χ1v) is 8.03. The lowest BCUT2D eigenvalue weighted by Gasteiger charge is -2.27. The lowest BCUT2D eigenvalue weighted by Crippen LogP contribution is -2.27. The minimum absolute atomic E-state index is 0.546. The van der Waals surface area contributed by atoms with Crippen LogP contribution in [-0.4, -0.2) is 6.04 Å². The van der Waals surface area contributed by atoms with Gasteiger partial charge >= 0.3 is 0 Å². The maximum atomic E-state index is 3.73. The maximum Gasteiger partial charge on any atom is 0.0374 e. The van der Waals surface area contributed by atoms with Crippen LogP contribution in [0.3, 0.4) is 0 Å². The summed E-state index contributed by atoms with van der Waals surface area (Å²) in [6, 6.07) is 13.7. The Bertz CT molecular complexity index is 633. The van der Waals surface area contributed by atoms with Gasteiger partial charge in [0.05, 0.1) is 0 Å². The van der Waals surface area contributed by atoms with Gasteiger partial charge in [0.2, 0.25) is 0 Å². The summed E-state index contributed by atoms with van der Waals surface area (Å²) in [5.74, 6) is 0. The predicted molar refractivity (Wildman–Crippen MR) is 89.5 cm³/mol. The van der Waals surface area contributed by atoms with Crippen LogP contribution in [0.4, 0.5) is 5.69 Å². The zero-order chi connectivity index (χ0) is 14.1. The second kappa shape index (κ2) is 5.61. The van der Waals surface area contributed by atoms with Gasteiger partial charge in [0, 0.05) is 16.2 Å². The molecule has 0 spiro atoms. The summed E-state index contributed by atoms with van der Waals surface area (Å²) in [5.41, 5.74) is 7.00. The Morgan fingerprint density at radius 3 is 2.80 bits per heavy atom. The van der Waals surface area contributed by atoms with Gasteiger partial charge in [-0.25, -0.2) is 0 Å². The highest BCUT2D eigenvalue weighted by molar-refractivity contribution is 9.10. The summed E-state index contributed by atoms with van der Waals surface area (Å²) >= 11 is 3.56. The molecule has 2 aromatic rings. The molecule has 0 aromatic heterocycles. The van der Waals surface area contributed by atoms with Crippen LogP contribution in [-0.2, 0) is 12.8 Å². The van der Waals surface area contributed by atoms with Crippen molar-refractivity contribution in [1.29, 1.82) is 0 Å². The van der Waals surface area contributed by atoms with Crippen molar-refractivity contribution >= 4 is 21.6 Å². The molecule has 1 aliphatic rings. The minimum Gasteiger partial charge on any atom is -0.382 e. The van der Waals surface area contributed by atoms with E-state index in [1.54, 1.807) is 0 Å². The second-order valence-electron chi connectivity index (χ2n) is 5.74. The Balaban J connectivity index is 1.77. The molecule has 0 heterocycles. The Hall–Kier alpha value is -1.28. The first-order valence-electron chi connectivity index (χ1n) is 7.23. The van der Waals surface area contributed by atoms with Crippen LogP contribution in [0.1, 0.15) is 28.7 Å². The fourth-order valence-electron chi connectivity index (χ4n) is 2.97. The lowest BCUT2D eigenvalue weighted by molar-refractivity contribution is 0.610. The summed E-state index contributed by atoms with van der Waals surface area (Å²) in [6.45, 7) is 4.37. The van der Waals surface area contributed by atoms with Gasteiger partial charge in [0.1, 0.15) is 0 Å². The monoisotopic (exact) mass is 329 g/mol. The summed E-state index contributed by atoms with van der Waals surface area (Å²) in [7, 11) is 0. The van der Waals surface area contributed by atoms with E-state index in [2.05, 4.69) is 71.5 Å². The average Bonchev–Trinajstić information content (AvgIpc) is 2.44. The number of hydrogen-bond donors (Lipinski definition) is 1. The SMILES string of the molecule is Cc1cccc(NC2CCc3cc(Br)ccc3C2)c1C. The highest BCUT2D eigenvalue weighted by Crippen LogP contribution is 2.27. The summed E-state index contributed by atoms with van der Waals surface area (Å²) in [5, 5.41) is 3.73. The molecule has 1 nitrogen and oxygen atoms in total. The Kier molecular flexibility index (Phi) is 3.84. The second-order valence-corrected chi connectivity index (χ2v) is 6.66. The van der Waals surface area contributed by atoms with Crippen molar-refractivity contribution in [3.63, 3.8) is 0 Å².